The van der Waals surface area contributed by atoms with Crippen molar-refractivity contribution in [1.82, 2.24) is 0 Å². The van der Waals surface area contributed by atoms with Gasteiger partial charge < -0.3 is 8.83 Å². The Labute approximate surface area is 121 Å². The molecule has 3 aromatic carbocycles. The average molecular weight is 268 g/mol. The van der Waals surface area contributed by atoms with Crippen LogP contribution in [0, 0.1) is 0 Å². The molecular weight excluding hydrogens is 259 g/mol. The maximum absolute atomic E-state index is 5.94. The average Bonchev–Trinajstić information content (AvgIpc) is 3.01. The first-order valence-electron chi connectivity index (χ1n) is 6.83. The molecule has 0 aliphatic carbocycles. The lowest BCUT2D eigenvalue weighted by molar-refractivity contribution is 0.664. The second kappa shape index (κ2) is 3.70. The maximum Gasteiger partial charge on any atom is 0.136 e. The van der Waals surface area contributed by atoms with E-state index in [4.69, 9.17) is 16.7 Å². The Morgan fingerprint density at radius 3 is 2.00 bits per heavy atom. The molecular formula is C18H9BO2. The number of para-hydroxylation sites is 1. The minimum Gasteiger partial charge on any atom is -0.456 e. The first kappa shape index (κ1) is 11.0. The summed E-state index contributed by atoms with van der Waals surface area (Å²) in [7, 11) is 5.82. The molecule has 0 atom stereocenters. The molecule has 0 bridgehead atoms. The van der Waals surface area contributed by atoms with Crippen LogP contribution in [0.25, 0.3) is 43.9 Å². The van der Waals surface area contributed by atoms with Crippen molar-refractivity contribution in [2.24, 2.45) is 0 Å². The maximum atomic E-state index is 5.94. The lowest BCUT2D eigenvalue weighted by Crippen LogP contribution is -1.98. The third-order valence-electron chi connectivity index (χ3n) is 3.99. The third kappa shape index (κ3) is 1.43. The molecule has 2 heterocycles. The van der Waals surface area contributed by atoms with Crippen LogP contribution in [0.4, 0.5) is 0 Å². The number of rotatable bonds is 0. The Morgan fingerprint density at radius 1 is 0.571 bits per heavy atom. The molecule has 21 heavy (non-hydrogen) atoms. The number of fused-ring (bicyclic) bond motifs is 6. The van der Waals surface area contributed by atoms with Crippen LogP contribution in [0.15, 0.2) is 63.4 Å². The molecule has 3 heteroatoms. The molecule has 0 saturated heterocycles. The topological polar surface area (TPSA) is 26.3 Å². The summed E-state index contributed by atoms with van der Waals surface area (Å²) in [6.45, 7) is 0. The SMILES string of the molecule is [B]c1ccc2c(c1)oc1cc3c(cc12)oc1ccccc13. The highest BCUT2D eigenvalue weighted by Gasteiger charge is 2.12. The van der Waals surface area contributed by atoms with Crippen molar-refractivity contribution in [3.63, 3.8) is 0 Å². The standard InChI is InChI=1S/C18H9BO2/c19-10-5-6-12-14-9-17-13(8-18(14)21-16(12)7-10)11-3-1-2-4-15(11)20-17/h1-9H. The molecule has 0 amide bonds. The van der Waals surface area contributed by atoms with Gasteiger partial charge in [0.2, 0.25) is 0 Å². The highest BCUT2D eigenvalue weighted by molar-refractivity contribution is 6.33. The summed E-state index contributed by atoms with van der Waals surface area (Å²) in [4.78, 5) is 0. The van der Waals surface area contributed by atoms with Crippen LogP contribution in [-0.2, 0) is 0 Å². The zero-order chi connectivity index (χ0) is 14.0. The van der Waals surface area contributed by atoms with E-state index in [9.17, 15) is 0 Å². The predicted octanol–water partition coefficient (Wildman–Crippen LogP) is 4.28. The first-order chi connectivity index (χ1) is 10.3. The summed E-state index contributed by atoms with van der Waals surface area (Å²) in [5, 5.41) is 4.29. The normalized spacial score (nSPS) is 12.0. The summed E-state index contributed by atoms with van der Waals surface area (Å²) in [6.07, 6.45) is 0. The van der Waals surface area contributed by atoms with Gasteiger partial charge in [-0.15, -0.1) is 0 Å². The number of furan rings is 2. The van der Waals surface area contributed by atoms with Gasteiger partial charge in [-0.25, -0.2) is 0 Å². The van der Waals surface area contributed by atoms with E-state index < -0.39 is 0 Å². The fourth-order valence-corrected chi connectivity index (χ4v) is 3.01. The molecule has 2 aromatic heterocycles. The van der Waals surface area contributed by atoms with Crippen molar-refractivity contribution in [2.75, 3.05) is 0 Å². The zero-order valence-electron chi connectivity index (χ0n) is 11.1. The van der Waals surface area contributed by atoms with E-state index in [1.807, 2.05) is 48.5 Å². The van der Waals surface area contributed by atoms with Gasteiger partial charge in [-0.3, -0.25) is 0 Å². The molecule has 0 fully saturated rings. The minimum absolute atomic E-state index is 0.704. The van der Waals surface area contributed by atoms with Gasteiger partial charge in [0.05, 0.1) is 0 Å². The summed E-state index contributed by atoms with van der Waals surface area (Å²) in [6, 6.07) is 17.9. The Bertz CT molecular complexity index is 1150. The molecule has 2 radical (unpaired) electrons. The number of benzene rings is 3. The highest BCUT2D eigenvalue weighted by atomic mass is 16.3. The summed E-state index contributed by atoms with van der Waals surface area (Å²) < 4.78 is 11.9. The summed E-state index contributed by atoms with van der Waals surface area (Å²) in [5.74, 6) is 0. The van der Waals surface area contributed by atoms with Crippen LogP contribution in [-0.4, -0.2) is 7.85 Å². The van der Waals surface area contributed by atoms with Crippen molar-refractivity contribution in [2.45, 2.75) is 0 Å². The lowest BCUT2D eigenvalue weighted by Gasteiger charge is -1.91. The number of hydrogen-bond acceptors (Lipinski definition) is 2. The van der Waals surface area contributed by atoms with Gasteiger partial charge in [-0.2, -0.15) is 0 Å². The van der Waals surface area contributed by atoms with Crippen LogP contribution in [0.1, 0.15) is 0 Å². The lowest BCUT2D eigenvalue weighted by atomic mass is 9.95. The van der Waals surface area contributed by atoms with Crippen molar-refractivity contribution < 1.29 is 8.83 Å². The zero-order valence-corrected chi connectivity index (χ0v) is 11.1. The monoisotopic (exact) mass is 268 g/mol. The summed E-state index contributed by atoms with van der Waals surface area (Å²) >= 11 is 0. The van der Waals surface area contributed by atoms with E-state index >= 15 is 0 Å². The van der Waals surface area contributed by atoms with Crippen molar-refractivity contribution >= 4 is 57.2 Å². The van der Waals surface area contributed by atoms with Gasteiger partial charge in [0.25, 0.3) is 0 Å². The molecule has 0 unspecified atom stereocenters. The Balaban J connectivity index is 2.00. The van der Waals surface area contributed by atoms with Crippen LogP contribution >= 0.6 is 0 Å². The molecule has 5 rings (SSSR count). The molecule has 2 nitrogen and oxygen atoms in total. The van der Waals surface area contributed by atoms with Gasteiger partial charge >= 0.3 is 0 Å². The molecule has 0 N–H and O–H groups in total. The second-order valence-corrected chi connectivity index (χ2v) is 5.30. The van der Waals surface area contributed by atoms with Crippen molar-refractivity contribution in [3.8, 4) is 0 Å². The van der Waals surface area contributed by atoms with E-state index in [1.165, 1.54) is 0 Å². The van der Waals surface area contributed by atoms with Crippen LogP contribution < -0.4 is 5.46 Å². The minimum atomic E-state index is 0.704. The summed E-state index contributed by atoms with van der Waals surface area (Å²) in [5.41, 5.74) is 4.14. The first-order valence-corrected chi connectivity index (χ1v) is 6.83. The van der Waals surface area contributed by atoms with E-state index in [1.54, 1.807) is 0 Å². The van der Waals surface area contributed by atoms with Gasteiger partial charge in [-0.05, 0) is 24.3 Å². The van der Waals surface area contributed by atoms with E-state index in [2.05, 4.69) is 6.07 Å². The molecule has 0 saturated carbocycles. The predicted molar refractivity (Wildman–Crippen MR) is 86.4 cm³/mol. The Kier molecular flexibility index (Phi) is 1.94. The number of hydrogen-bond donors (Lipinski definition) is 0. The van der Waals surface area contributed by atoms with Gasteiger partial charge in [0.1, 0.15) is 30.2 Å². The van der Waals surface area contributed by atoms with E-state index in [0.717, 1.165) is 43.9 Å². The van der Waals surface area contributed by atoms with Crippen LogP contribution in [0.5, 0.6) is 0 Å². The van der Waals surface area contributed by atoms with Gasteiger partial charge in [-0.1, -0.05) is 35.8 Å². The largest absolute Gasteiger partial charge is 0.456 e. The van der Waals surface area contributed by atoms with Crippen LogP contribution in [0.3, 0.4) is 0 Å². The van der Waals surface area contributed by atoms with E-state index in [0.29, 0.717) is 5.46 Å². The molecule has 0 aliphatic heterocycles. The quantitative estimate of drug-likeness (QED) is 0.392. The highest BCUT2D eigenvalue weighted by Crippen LogP contribution is 2.35. The van der Waals surface area contributed by atoms with Crippen LogP contribution in [0.2, 0.25) is 0 Å². The van der Waals surface area contributed by atoms with Gasteiger partial charge in [0.15, 0.2) is 0 Å². The Morgan fingerprint density at radius 2 is 1.19 bits per heavy atom. The fraction of sp³-hybridized carbons (Fsp3) is 0. The molecule has 0 aliphatic rings. The smallest absolute Gasteiger partial charge is 0.136 e. The molecule has 5 aromatic rings. The van der Waals surface area contributed by atoms with E-state index in [-0.39, 0.29) is 0 Å². The molecule has 0 spiro atoms. The molecule has 96 valence electrons. The second-order valence-electron chi connectivity index (χ2n) is 5.30. The fourth-order valence-electron chi connectivity index (χ4n) is 3.01. The van der Waals surface area contributed by atoms with Crippen molar-refractivity contribution in [1.29, 1.82) is 0 Å². The van der Waals surface area contributed by atoms with Crippen molar-refractivity contribution in [3.05, 3.63) is 54.6 Å². The Hall–Kier alpha value is -2.68. The van der Waals surface area contributed by atoms with Gasteiger partial charge in [0, 0.05) is 21.5 Å². The third-order valence-corrected chi connectivity index (χ3v) is 3.99.